The fourth-order valence-corrected chi connectivity index (χ4v) is 2.61. The Morgan fingerprint density at radius 2 is 2.00 bits per heavy atom. The molecule has 1 heterocycles. The first kappa shape index (κ1) is 14.1. The van der Waals surface area contributed by atoms with E-state index in [0.29, 0.717) is 0 Å². The van der Waals surface area contributed by atoms with E-state index in [0.717, 1.165) is 0 Å². The van der Waals surface area contributed by atoms with Gasteiger partial charge in [-0.1, -0.05) is 0 Å². The predicted molar refractivity (Wildman–Crippen MR) is 60.8 cm³/mol. The Balaban J connectivity index is 2.80. The maximum atomic E-state index is 11.9. The van der Waals surface area contributed by atoms with Crippen molar-refractivity contribution in [1.82, 2.24) is 14.3 Å². The second-order valence-corrected chi connectivity index (χ2v) is 5.29. The molecule has 0 amide bonds. The molecule has 0 aromatic carbocycles. The maximum absolute atomic E-state index is 11.9. The van der Waals surface area contributed by atoms with Gasteiger partial charge in [0.15, 0.2) is 11.3 Å². The van der Waals surface area contributed by atoms with Crippen LogP contribution in [0.2, 0.25) is 0 Å². The van der Waals surface area contributed by atoms with Crippen LogP contribution in [0.1, 0.15) is 6.92 Å². The average molecular weight is 263 g/mol. The summed E-state index contributed by atoms with van der Waals surface area (Å²) in [5.74, 6) is 0. The van der Waals surface area contributed by atoms with Gasteiger partial charge in [-0.05, 0) is 6.92 Å². The molecule has 1 unspecified atom stereocenters. The molecule has 1 atom stereocenters. The molecule has 0 aliphatic carbocycles. The van der Waals surface area contributed by atoms with Crippen molar-refractivity contribution >= 4 is 10.0 Å². The standard InChI is InChI=1S/C9H17N3O4S/c1-7(9(15-3)16-4)11-17(13,14)8-5-12(2)6-10-8/h5-7,9,11H,1-4H3. The highest BCUT2D eigenvalue weighted by Gasteiger charge is 2.24. The summed E-state index contributed by atoms with van der Waals surface area (Å²) in [5.41, 5.74) is 0. The number of nitrogens with one attached hydrogen (secondary N) is 1. The van der Waals surface area contributed by atoms with Crippen LogP contribution in [0.4, 0.5) is 0 Å². The number of aromatic nitrogens is 2. The van der Waals surface area contributed by atoms with E-state index in [-0.39, 0.29) is 5.03 Å². The SMILES string of the molecule is COC(OC)C(C)NS(=O)(=O)c1cn(C)cn1. The Kier molecular flexibility index (Phi) is 4.63. The normalized spacial score (nSPS) is 14.2. The molecule has 0 fully saturated rings. The number of hydrogen-bond donors (Lipinski definition) is 1. The van der Waals surface area contributed by atoms with Gasteiger partial charge in [-0.15, -0.1) is 0 Å². The Labute approximate surface area is 101 Å². The molecule has 17 heavy (non-hydrogen) atoms. The second-order valence-electron chi connectivity index (χ2n) is 3.63. The second kappa shape index (κ2) is 5.58. The molecule has 0 spiro atoms. The minimum atomic E-state index is -3.65. The Bertz CT molecular complexity index is 453. The number of imidazole rings is 1. The summed E-state index contributed by atoms with van der Waals surface area (Å²) >= 11 is 0. The highest BCUT2D eigenvalue weighted by Crippen LogP contribution is 2.07. The van der Waals surface area contributed by atoms with Gasteiger partial charge in [0, 0.05) is 27.5 Å². The summed E-state index contributed by atoms with van der Waals surface area (Å²) in [4.78, 5) is 3.78. The van der Waals surface area contributed by atoms with Crippen molar-refractivity contribution in [3.8, 4) is 0 Å². The van der Waals surface area contributed by atoms with Crippen LogP contribution in [0, 0.1) is 0 Å². The van der Waals surface area contributed by atoms with Crippen molar-refractivity contribution in [3.05, 3.63) is 12.5 Å². The molecule has 7 nitrogen and oxygen atoms in total. The van der Waals surface area contributed by atoms with Crippen molar-refractivity contribution in [2.75, 3.05) is 14.2 Å². The third-order valence-corrected chi connectivity index (χ3v) is 3.61. The molecule has 0 radical (unpaired) electrons. The highest BCUT2D eigenvalue weighted by atomic mass is 32.2. The first-order chi connectivity index (χ1) is 7.90. The van der Waals surface area contributed by atoms with E-state index in [1.165, 1.54) is 26.7 Å². The van der Waals surface area contributed by atoms with Gasteiger partial charge in [0.1, 0.15) is 0 Å². The van der Waals surface area contributed by atoms with Crippen LogP contribution in [-0.4, -0.2) is 44.5 Å². The van der Waals surface area contributed by atoms with Crippen molar-refractivity contribution < 1.29 is 17.9 Å². The van der Waals surface area contributed by atoms with Crippen LogP contribution in [0.5, 0.6) is 0 Å². The molecule has 0 bridgehead atoms. The molecule has 8 heteroatoms. The zero-order valence-corrected chi connectivity index (χ0v) is 11.1. The lowest BCUT2D eigenvalue weighted by Gasteiger charge is -2.21. The van der Waals surface area contributed by atoms with Crippen LogP contribution in [-0.2, 0) is 26.5 Å². The van der Waals surface area contributed by atoms with E-state index in [1.54, 1.807) is 18.5 Å². The van der Waals surface area contributed by atoms with Gasteiger partial charge in [-0.2, -0.15) is 0 Å². The van der Waals surface area contributed by atoms with Crippen molar-refractivity contribution in [2.24, 2.45) is 7.05 Å². The number of nitrogens with zero attached hydrogens (tertiary/aromatic N) is 2. The van der Waals surface area contributed by atoms with E-state index < -0.39 is 22.4 Å². The van der Waals surface area contributed by atoms with Crippen molar-refractivity contribution in [1.29, 1.82) is 0 Å². The fraction of sp³-hybridized carbons (Fsp3) is 0.667. The minimum absolute atomic E-state index is 0.0298. The Hall–Kier alpha value is -0.960. The van der Waals surface area contributed by atoms with Crippen LogP contribution in [0.3, 0.4) is 0 Å². The highest BCUT2D eigenvalue weighted by molar-refractivity contribution is 7.89. The number of ether oxygens (including phenoxy) is 2. The molecule has 1 aromatic heterocycles. The summed E-state index contributed by atoms with van der Waals surface area (Å²) in [6.45, 7) is 1.65. The third kappa shape index (κ3) is 3.50. The van der Waals surface area contributed by atoms with Crippen molar-refractivity contribution in [3.63, 3.8) is 0 Å². The Morgan fingerprint density at radius 3 is 2.41 bits per heavy atom. The Morgan fingerprint density at radius 1 is 1.41 bits per heavy atom. The van der Waals surface area contributed by atoms with E-state index in [1.807, 2.05) is 0 Å². The largest absolute Gasteiger partial charge is 0.354 e. The molecule has 1 aromatic rings. The van der Waals surface area contributed by atoms with Crippen LogP contribution < -0.4 is 4.72 Å². The molecule has 0 aliphatic heterocycles. The average Bonchev–Trinajstić information content (AvgIpc) is 2.66. The number of hydrogen-bond acceptors (Lipinski definition) is 5. The molecule has 98 valence electrons. The fourth-order valence-electron chi connectivity index (χ4n) is 1.39. The van der Waals surface area contributed by atoms with E-state index in [2.05, 4.69) is 9.71 Å². The minimum Gasteiger partial charge on any atom is -0.354 e. The smallest absolute Gasteiger partial charge is 0.259 e. The van der Waals surface area contributed by atoms with E-state index in [9.17, 15) is 8.42 Å². The zero-order chi connectivity index (χ0) is 13.1. The lowest BCUT2D eigenvalue weighted by Crippen LogP contribution is -2.42. The van der Waals surface area contributed by atoms with Crippen molar-refractivity contribution in [2.45, 2.75) is 24.3 Å². The summed E-state index contributed by atoms with van der Waals surface area (Å²) < 4.78 is 37.7. The van der Waals surface area contributed by atoms with Gasteiger partial charge >= 0.3 is 0 Å². The van der Waals surface area contributed by atoms with E-state index >= 15 is 0 Å². The van der Waals surface area contributed by atoms with Crippen LogP contribution in [0.15, 0.2) is 17.6 Å². The molecular formula is C9H17N3O4S. The number of sulfonamides is 1. The summed E-state index contributed by atoms with van der Waals surface area (Å²) in [6.07, 6.45) is 2.20. The predicted octanol–water partition coefficient (Wildman–Crippen LogP) is -0.294. The van der Waals surface area contributed by atoms with Gasteiger partial charge in [-0.3, -0.25) is 0 Å². The van der Waals surface area contributed by atoms with Gasteiger partial charge < -0.3 is 14.0 Å². The van der Waals surface area contributed by atoms with Gasteiger partial charge in [0.25, 0.3) is 10.0 Å². The number of rotatable bonds is 6. The summed E-state index contributed by atoms with van der Waals surface area (Å²) in [6, 6.07) is -0.517. The van der Waals surface area contributed by atoms with E-state index in [4.69, 9.17) is 9.47 Å². The number of methoxy groups -OCH3 is 2. The number of aryl methyl sites for hydroxylation is 1. The first-order valence-electron chi connectivity index (χ1n) is 4.96. The lowest BCUT2D eigenvalue weighted by atomic mass is 10.3. The lowest BCUT2D eigenvalue weighted by molar-refractivity contribution is -0.115. The van der Waals surface area contributed by atoms with Gasteiger partial charge in [0.05, 0.1) is 12.4 Å². The molecule has 0 aliphatic rings. The van der Waals surface area contributed by atoms with Crippen LogP contribution >= 0.6 is 0 Å². The third-order valence-electron chi connectivity index (χ3n) is 2.17. The summed E-state index contributed by atoms with van der Waals surface area (Å²) in [5, 5.41) is -0.0298. The molecule has 0 saturated heterocycles. The van der Waals surface area contributed by atoms with Gasteiger partial charge in [0.2, 0.25) is 0 Å². The monoisotopic (exact) mass is 263 g/mol. The molecular weight excluding hydrogens is 246 g/mol. The maximum Gasteiger partial charge on any atom is 0.259 e. The first-order valence-corrected chi connectivity index (χ1v) is 6.45. The quantitative estimate of drug-likeness (QED) is 0.713. The van der Waals surface area contributed by atoms with Crippen LogP contribution in [0.25, 0.3) is 0 Å². The molecule has 1 rings (SSSR count). The van der Waals surface area contributed by atoms with Gasteiger partial charge in [-0.25, -0.2) is 18.1 Å². The zero-order valence-electron chi connectivity index (χ0n) is 10.2. The molecule has 1 N–H and O–H groups in total. The summed E-state index contributed by atoms with van der Waals surface area (Å²) in [7, 11) is 0.940. The molecule has 0 saturated carbocycles. The topological polar surface area (TPSA) is 82.5 Å².